The van der Waals surface area contributed by atoms with Crippen LogP contribution in [0.5, 0.6) is 5.75 Å². The fraction of sp³-hybridized carbons (Fsp3) is 0.385. The van der Waals surface area contributed by atoms with E-state index in [1.54, 1.807) is 13.8 Å². The van der Waals surface area contributed by atoms with Crippen LogP contribution in [0.3, 0.4) is 0 Å². The molecule has 1 aromatic rings. The second-order valence-corrected chi connectivity index (χ2v) is 5.12. The van der Waals surface area contributed by atoms with Crippen molar-refractivity contribution in [1.29, 1.82) is 0 Å². The maximum Gasteiger partial charge on any atom is 0.303 e. The Morgan fingerprint density at radius 2 is 1.95 bits per heavy atom. The van der Waals surface area contributed by atoms with E-state index in [0.29, 0.717) is 0 Å². The number of rotatable bonds is 5. The predicted molar refractivity (Wildman–Crippen MR) is 67.3 cm³/mol. The van der Waals surface area contributed by atoms with Crippen molar-refractivity contribution < 1.29 is 24.2 Å². The SMILES string of the molecule is CC(C)(CC(=O)O)CC(=O)Nc1cc(F)ccc1O. The molecule has 0 aliphatic heterocycles. The highest BCUT2D eigenvalue weighted by Gasteiger charge is 2.25. The van der Waals surface area contributed by atoms with Gasteiger partial charge in [0.15, 0.2) is 0 Å². The maximum atomic E-state index is 13.0. The number of aromatic hydroxyl groups is 1. The van der Waals surface area contributed by atoms with E-state index >= 15 is 0 Å². The molecule has 1 rings (SSSR count). The lowest BCUT2D eigenvalue weighted by molar-refractivity contribution is -0.139. The molecule has 0 unspecified atom stereocenters. The summed E-state index contributed by atoms with van der Waals surface area (Å²) in [5, 5.41) is 20.5. The fourth-order valence-corrected chi connectivity index (χ4v) is 1.71. The molecule has 0 spiro atoms. The summed E-state index contributed by atoms with van der Waals surface area (Å²) >= 11 is 0. The normalized spacial score (nSPS) is 11.1. The van der Waals surface area contributed by atoms with Gasteiger partial charge < -0.3 is 15.5 Å². The summed E-state index contributed by atoms with van der Waals surface area (Å²) in [6.07, 6.45) is -0.204. The summed E-state index contributed by atoms with van der Waals surface area (Å²) in [6.45, 7) is 3.29. The minimum absolute atomic E-state index is 0.0314. The van der Waals surface area contributed by atoms with Gasteiger partial charge in [0.2, 0.25) is 5.91 Å². The third-order valence-corrected chi connectivity index (χ3v) is 2.50. The number of hydrogen-bond acceptors (Lipinski definition) is 3. The zero-order valence-electron chi connectivity index (χ0n) is 10.7. The van der Waals surface area contributed by atoms with E-state index in [-0.39, 0.29) is 24.3 Å². The maximum absolute atomic E-state index is 13.0. The van der Waals surface area contributed by atoms with Gasteiger partial charge in [-0.2, -0.15) is 0 Å². The Kier molecular flexibility index (Phi) is 4.47. The minimum atomic E-state index is -0.994. The average Bonchev–Trinajstić information content (AvgIpc) is 2.20. The molecule has 0 fully saturated rings. The smallest absolute Gasteiger partial charge is 0.303 e. The van der Waals surface area contributed by atoms with E-state index in [1.165, 1.54) is 0 Å². The molecule has 5 nitrogen and oxygen atoms in total. The molecule has 19 heavy (non-hydrogen) atoms. The molecule has 0 radical (unpaired) electrons. The number of phenols is 1. The van der Waals surface area contributed by atoms with Crippen LogP contribution in [-0.4, -0.2) is 22.1 Å². The zero-order chi connectivity index (χ0) is 14.6. The monoisotopic (exact) mass is 269 g/mol. The second kappa shape index (κ2) is 5.69. The van der Waals surface area contributed by atoms with Crippen molar-refractivity contribution in [3.8, 4) is 5.75 Å². The van der Waals surface area contributed by atoms with Crippen LogP contribution < -0.4 is 5.32 Å². The lowest BCUT2D eigenvalue weighted by atomic mass is 9.85. The first kappa shape index (κ1) is 14.9. The van der Waals surface area contributed by atoms with Crippen molar-refractivity contribution >= 4 is 17.6 Å². The van der Waals surface area contributed by atoms with Crippen LogP contribution in [0.4, 0.5) is 10.1 Å². The van der Waals surface area contributed by atoms with Crippen LogP contribution in [0.25, 0.3) is 0 Å². The Balaban J connectivity index is 2.70. The summed E-state index contributed by atoms with van der Waals surface area (Å²) in [5.74, 6) is -2.30. The molecule has 104 valence electrons. The summed E-state index contributed by atoms with van der Waals surface area (Å²) < 4.78 is 13.0. The summed E-state index contributed by atoms with van der Waals surface area (Å²) in [4.78, 5) is 22.4. The number of hydrogen-bond donors (Lipinski definition) is 3. The van der Waals surface area contributed by atoms with Crippen LogP contribution in [0.15, 0.2) is 18.2 Å². The van der Waals surface area contributed by atoms with Crippen LogP contribution in [0.1, 0.15) is 26.7 Å². The number of benzene rings is 1. The molecular formula is C13H16FNO4. The highest BCUT2D eigenvalue weighted by molar-refractivity contribution is 5.92. The Morgan fingerprint density at radius 3 is 2.53 bits per heavy atom. The van der Waals surface area contributed by atoms with Crippen molar-refractivity contribution in [2.45, 2.75) is 26.7 Å². The number of halogens is 1. The first-order valence-corrected chi connectivity index (χ1v) is 5.70. The van der Waals surface area contributed by atoms with Crippen LogP contribution in [0.2, 0.25) is 0 Å². The number of anilines is 1. The predicted octanol–water partition coefficient (Wildman–Crippen LogP) is 2.36. The highest BCUT2D eigenvalue weighted by Crippen LogP contribution is 2.28. The Bertz CT molecular complexity index is 499. The third-order valence-electron chi connectivity index (χ3n) is 2.50. The number of carboxylic acids is 1. The molecule has 0 aliphatic carbocycles. The molecule has 3 N–H and O–H groups in total. The number of amides is 1. The van der Waals surface area contributed by atoms with E-state index in [1.807, 2.05) is 0 Å². The molecule has 0 aromatic heterocycles. The summed E-state index contributed by atoms with van der Waals surface area (Å²) in [6, 6.07) is 3.20. The number of carbonyl (C=O) groups is 2. The lowest BCUT2D eigenvalue weighted by Crippen LogP contribution is -2.24. The molecule has 1 amide bonds. The van der Waals surface area contributed by atoms with Gasteiger partial charge in [-0.15, -0.1) is 0 Å². The number of phenolic OH excluding ortho intramolecular Hbond substituents is 1. The van der Waals surface area contributed by atoms with Gasteiger partial charge >= 0.3 is 5.97 Å². The molecule has 0 bridgehead atoms. The highest BCUT2D eigenvalue weighted by atomic mass is 19.1. The fourth-order valence-electron chi connectivity index (χ4n) is 1.71. The van der Waals surface area contributed by atoms with Gasteiger partial charge in [0, 0.05) is 12.5 Å². The molecule has 0 saturated heterocycles. The number of aliphatic carboxylic acids is 1. The van der Waals surface area contributed by atoms with E-state index < -0.39 is 23.1 Å². The van der Waals surface area contributed by atoms with E-state index in [4.69, 9.17) is 5.11 Å². The second-order valence-electron chi connectivity index (χ2n) is 5.12. The van der Waals surface area contributed by atoms with Crippen LogP contribution >= 0.6 is 0 Å². The van der Waals surface area contributed by atoms with Crippen LogP contribution in [-0.2, 0) is 9.59 Å². The van der Waals surface area contributed by atoms with Crippen molar-refractivity contribution in [2.24, 2.45) is 5.41 Å². The van der Waals surface area contributed by atoms with Gasteiger partial charge in [0.25, 0.3) is 0 Å². The quantitative estimate of drug-likeness (QED) is 0.716. The molecule has 0 atom stereocenters. The standard InChI is InChI=1S/C13H16FNO4/c1-13(2,7-12(18)19)6-11(17)15-9-5-8(14)3-4-10(9)16/h3-5,16H,6-7H2,1-2H3,(H,15,17)(H,18,19). The van der Waals surface area contributed by atoms with Gasteiger partial charge in [-0.1, -0.05) is 13.8 Å². The minimum Gasteiger partial charge on any atom is -0.506 e. The van der Waals surface area contributed by atoms with E-state index in [9.17, 15) is 19.1 Å². The molecule has 0 saturated carbocycles. The van der Waals surface area contributed by atoms with Gasteiger partial charge in [0.05, 0.1) is 12.1 Å². The molecule has 1 aromatic carbocycles. The number of carbonyl (C=O) groups excluding carboxylic acids is 1. The lowest BCUT2D eigenvalue weighted by Gasteiger charge is -2.21. The first-order chi connectivity index (χ1) is 8.69. The van der Waals surface area contributed by atoms with Gasteiger partial charge in [-0.3, -0.25) is 9.59 Å². The molecular weight excluding hydrogens is 253 g/mol. The molecule has 0 heterocycles. The van der Waals surface area contributed by atoms with Gasteiger partial charge in [-0.05, 0) is 17.5 Å². The summed E-state index contributed by atoms with van der Waals surface area (Å²) in [5.41, 5.74) is -0.755. The van der Waals surface area contributed by atoms with Crippen molar-refractivity contribution in [2.75, 3.05) is 5.32 Å². The average molecular weight is 269 g/mol. The van der Waals surface area contributed by atoms with Gasteiger partial charge in [0.1, 0.15) is 11.6 Å². The largest absolute Gasteiger partial charge is 0.506 e. The Hall–Kier alpha value is -2.11. The Morgan fingerprint density at radius 1 is 1.32 bits per heavy atom. The number of nitrogens with one attached hydrogen (secondary N) is 1. The topological polar surface area (TPSA) is 86.6 Å². The van der Waals surface area contributed by atoms with E-state index in [2.05, 4.69) is 5.32 Å². The van der Waals surface area contributed by atoms with Crippen molar-refractivity contribution in [3.63, 3.8) is 0 Å². The number of carboxylic acid groups (broad SMARTS) is 1. The van der Waals surface area contributed by atoms with Crippen molar-refractivity contribution in [3.05, 3.63) is 24.0 Å². The molecule has 0 aliphatic rings. The first-order valence-electron chi connectivity index (χ1n) is 5.70. The van der Waals surface area contributed by atoms with E-state index in [0.717, 1.165) is 18.2 Å². The summed E-state index contributed by atoms with van der Waals surface area (Å²) in [7, 11) is 0. The third kappa shape index (κ3) is 4.95. The van der Waals surface area contributed by atoms with Gasteiger partial charge in [-0.25, -0.2) is 4.39 Å². The Labute approximate surface area is 110 Å². The molecule has 6 heteroatoms. The zero-order valence-corrected chi connectivity index (χ0v) is 10.7. The van der Waals surface area contributed by atoms with Crippen molar-refractivity contribution in [1.82, 2.24) is 0 Å². The van der Waals surface area contributed by atoms with Crippen LogP contribution in [0, 0.1) is 11.2 Å².